The van der Waals surface area contributed by atoms with Crippen molar-refractivity contribution in [1.82, 2.24) is 4.57 Å². The summed E-state index contributed by atoms with van der Waals surface area (Å²) < 4.78 is 13.8. The highest BCUT2D eigenvalue weighted by Gasteiger charge is 2.17. The zero-order chi connectivity index (χ0) is 20.3. The van der Waals surface area contributed by atoms with E-state index >= 15 is 0 Å². The predicted molar refractivity (Wildman–Crippen MR) is 114 cm³/mol. The first-order chi connectivity index (χ1) is 13.5. The van der Waals surface area contributed by atoms with Crippen molar-refractivity contribution in [2.24, 2.45) is 4.99 Å². The van der Waals surface area contributed by atoms with Crippen LogP contribution in [0.2, 0.25) is 0 Å². The number of methoxy groups -OCH3 is 2. The van der Waals surface area contributed by atoms with Crippen molar-refractivity contribution in [3.8, 4) is 11.5 Å². The maximum Gasteiger partial charge on any atom is 0.283 e. The molecule has 0 unspecified atom stereocenters. The van der Waals surface area contributed by atoms with Gasteiger partial charge < -0.3 is 14.0 Å². The number of hydrogen-bond donors (Lipinski definition) is 0. The number of ether oxygens (including phenoxy) is 2. The van der Waals surface area contributed by atoms with E-state index in [1.807, 2.05) is 4.57 Å². The Morgan fingerprint density at radius 1 is 1.25 bits per heavy atom. The number of fused-ring (bicyclic) bond motifs is 1. The third kappa shape index (κ3) is 3.73. The summed E-state index contributed by atoms with van der Waals surface area (Å²) in [5.74, 6) is 0.948. The quantitative estimate of drug-likeness (QED) is 0.564. The Morgan fingerprint density at radius 3 is 2.68 bits per heavy atom. The minimum Gasteiger partial charge on any atom is -0.493 e. The van der Waals surface area contributed by atoms with Gasteiger partial charge in [-0.25, -0.2) is 0 Å². The third-order valence-electron chi connectivity index (χ3n) is 4.52. The van der Waals surface area contributed by atoms with Gasteiger partial charge in [0, 0.05) is 6.54 Å². The van der Waals surface area contributed by atoms with Gasteiger partial charge in [0.1, 0.15) is 0 Å². The second kappa shape index (κ2) is 8.44. The minimum atomic E-state index is -0.371. The molecule has 5 nitrogen and oxygen atoms in total. The molecule has 0 atom stereocenters. The number of carbonyl (C=O) groups excluding carboxylic acids is 1. The van der Waals surface area contributed by atoms with Crippen molar-refractivity contribution in [2.75, 3.05) is 14.2 Å². The second-order valence-corrected chi connectivity index (χ2v) is 7.63. The van der Waals surface area contributed by atoms with Crippen LogP contribution in [0.25, 0.3) is 10.2 Å². The maximum atomic E-state index is 12.9. The van der Waals surface area contributed by atoms with Crippen LogP contribution in [0.5, 0.6) is 11.5 Å². The molecule has 0 N–H and O–H groups in total. The van der Waals surface area contributed by atoms with Crippen LogP contribution >= 0.6 is 11.3 Å². The molecule has 0 aliphatic rings. The summed E-state index contributed by atoms with van der Waals surface area (Å²) in [6, 6.07) is 11.6. The van der Waals surface area contributed by atoms with E-state index in [-0.39, 0.29) is 5.91 Å². The molecule has 3 rings (SSSR count). The molecule has 0 saturated heterocycles. The minimum absolute atomic E-state index is 0.368. The lowest BCUT2D eigenvalue weighted by molar-refractivity contribution is 0.0994. The van der Waals surface area contributed by atoms with Gasteiger partial charge in [-0.1, -0.05) is 43.4 Å². The first-order valence-electron chi connectivity index (χ1n) is 9.04. The smallest absolute Gasteiger partial charge is 0.283 e. The molecule has 28 heavy (non-hydrogen) atoms. The van der Waals surface area contributed by atoms with Gasteiger partial charge in [0.05, 0.1) is 30.0 Å². The number of carbonyl (C=O) groups is 1. The standard InChI is InChI=1S/C22H24N2O3S/c1-6-12-24-17-11-10-15(14(2)3)13-19(17)28-22(24)23-21(25)16-8-7-9-18(26-4)20(16)27-5/h6-11,13-14H,1,12H2,2-5H3. The fourth-order valence-corrected chi connectivity index (χ4v) is 4.13. The fraction of sp³-hybridized carbons (Fsp3) is 0.273. The summed E-state index contributed by atoms with van der Waals surface area (Å²) >= 11 is 1.50. The molecule has 1 amide bonds. The number of thiazole rings is 1. The highest BCUT2D eigenvalue weighted by Crippen LogP contribution is 2.31. The topological polar surface area (TPSA) is 52.8 Å². The van der Waals surface area contributed by atoms with Gasteiger partial charge in [-0.15, -0.1) is 6.58 Å². The Morgan fingerprint density at radius 2 is 2.04 bits per heavy atom. The maximum absolute atomic E-state index is 12.9. The Balaban J connectivity index is 2.17. The summed E-state index contributed by atoms with van der Waals surface area (Å²) in [5.41, 5.74) is 2.66. The van der Waals surface area contributed by atoms with Crippen molar-refractivity contribution in [2.45, 2.75) is 26.3 Å². The Bertz CT molecular complexity index is 1090. The number of para-hydroxylation sites is 1. The van der Waals surface area contributed by atoms with Crippen LogP contribution in [0.15, 0.2) is 54.0 Å². The number of rotatable bonds is 6. The summed E-state index contributed by atoms with van der Waals surface area (Å²) in [5, 5.41) is 0. The van der Waals surface area contributed by atoms with Gasteiger partial charge in [-0.05, 0) is 35.7 Å². The van der Waals surface area contributed by atoms with Crippen molar-refractivity contribution < 1.29 is 14.3 Å². The summed E-state index contributed by atoms with van der Waals surface area (Å²) in [6.07, 6.45) is 1.80. The molecule has 3 aromatic rings. The Labute approximate surface area is 168 Å². The first-order valence-corrected chi connectivity index (χ1v) is 9.86. The van der Waals surface area contributed by atoms with Crippen LogP contribution in [0.1, 0.15) is 35.7 Å². The number of aromatic nitrogens is 1. The molecule has 0 fully saturated rings. The molecule has 146 valence electrons. The lowest BCUT2D eigenvalue weighted by Gasteiger charge is -2.10. The van der Waals surface area contributed by atoms with Crippen molar-refractivity contribution in [3.63, 3.8) is 0 Å². The number of benzene rings is 2. The van der Waals surface area contributed by atoms with Gasteiger partial charge in [-0.3, -0.25) is 4.79 Å². The molecule has 0 saturated carbocycles. The fourth-order valence-electron chi connectivity index (χ4n) is 3.04. The molecule has 1 aromatic heterocycles. The van der Waals surface area contributed by atoms with E-state index in [4.69, 9.17) is 9.47 Å². The average molecular weight is 397 g/mol. The lowest BCUT2D eigenvalue weighted by Crippen LogP contribution is -2.16. The van der Waals surface area contributed by atoms with E-state index < -0.39 is 0 Å². The Kier molecular flexibility index (Phi) is 5.99. The molecule has 6 heteroatoms. The zero-order valence-corrected chi connectivity index (χ0v) is 17.4. The van der Waals surface area contributed by atoms with E-state index in [0.717, 1.165) is 10.2 Å². The van der Waals surface area contributed by atoms with E-state index in [9.17, 15) is 4.79 Å². The highest BCUT2D eigenvalue weighted by atomic mass is 32.1. The largest absolute Gasteiger partial charge is 0.493 e. The van der Waals surface area contributed by atoms with Gasteiger partial charge in [0.25, 0.3) is 5.91 Å². The molecule has 0 radical (unpaired) electrons. The Hall–Kier alpha value is -2.86. The molecule has 2 aromatic carbocycles. The van der Waals surface area contributed by atoms with E-state index in [0.29, 0.717) is 34.3 Å². The zero-order valence-electron chi connectivity index (χ0n) is 16.6. The number of hydrogen-bond acceptors (Lipinski definition) is 4. The molecular formula is C22H24N2O3S. The van der Waals surface area contributed by atoms with Crippen LogP contribution in [0.3, 0.4) is 0 Å². The summed E-state index contributed by atoms with van der Waals surface area (Å²) in [7, 11) is 3.05. The summed E-state index contributed by atoms with van der Waals surface area (Å²) in [6.45, 7) is 8.74. The third-order valence-corrected chi connectivity index (χ3v) is 5.56. The van der Waals surface area contributed by atoms with Gasteiger partial charge in [-0.2, -0.15) is 4.99 Å². The molecule has 0 aliphatic heterocycles. The van der Waals surface area contributed by atoms with Gasteiger partial charge in [0.15, 0.2) is 16.3 Å². The van der Waals surface area contributed by atoms with Crippen LogP contribution in [-0.2, 0) is 6.54 Å². The predicted octanol–water partition coefficient (Wildman–Crippen LogP) is 4.77. The highest BCUT2D eigenvalue weighted by molar-refractivity contribution is 7.16. The first kappa shape index (κ1) is 19.9. The number of allylic oxidation sites excluding steroid dienone is 1. The SMILES string of the molecule is C=CCn1c(=NC(=O)c2cccc(OC)c2OC)sc2cc(C(C)C)ccc21. The van der Waals surface area contributed by atoms with Crippen molar-refractivity contribution in [3.05, 3.63) is 65.0 Å². The number of amides is 1. The molecule has 0 spiro atoms. The second-order valence-electron chi connectivity index (χ2n) is 6.62. The van der Waals surface area contributed by atoms with Crippen LogP contribution in [0, 0.1) is 0 Å². The molecule has 0 aliphatic carbocycles. The van der Waals surface area contributed by atoms with Crippen LogP contribution in [-0.4, -0.2) is 24.7 Å². The number of nitrogens with zero attached hydrogens (tertiary/aromatic N) is 2. The van der Waals surface area contributed by atoms with Crippen molar-refractivity contribution in [1.29, 1.82) is 0 Å². The van der Waals surface area contributed by atoms with Crippen LogP contribution in [0.4, 0.5) is 0 Å². The molecule has 1 heterocycles. The van der Waals surface area contributed by atoms with E-state index in [2.05, 4.69) is 43.6 Å². The van der Waals surface area contributed by atoms with E-state index in [1.54, 1.807) is 31.4 Å². The monoisotopic (exact) mass is 396 g/mol. The van der Waals surface area contributed by atoms with Gasteiger partial charge >= 0.3 is 0 Å². The summed E-state index contributed by atoms with van der Waals surface area (Å²) in [4.78, 5) is 18.0. The average Bonchev–Trinajstić information content (AvgIpc) is 3.03. The molecular weight excluding hydrogens is 372 g/mol. The van der Waals surface area contributed by atoms with Gasteiger partial charge in [0.2, 0.25) is 0 Å². The normalized spacial score (nSPS) is 11.8. The lowest BCUT2D eigenvalue weighted by atomic mass is 10.0. The van der Waals surface area contributed by atoms with Crippen LogP contribution < -0.4 is 14.3 Å². The molecule has 0 bridgehead atoms. The van der Waals surface area contributed by atoms with Crippen molar-refractivity contribution >= 4 is 27.5 Å². The van der Waals surface area contributed by atoms with E-state index in [1.165, 1.54) is 24.0 Å².